The quantitative estimate of drug-likeness (QED) is 0.724. The fraction of sp³-hybridized carbons (Fsp3) is 0.667. The van der Waals surface area contributed by atoms with E-state index in [1.807, 2.05) is 0 Å². The number of hydrogen-bond donors (Lipinski definition) is 1. The molecule has 1 rings (SSSR count). The largest absolute Gasteiger partial charge is 0.478 e. The molecule has 1 atom stereocenters. The van der Waals surface area contributed by atoms with Crippen molar-refractivity contribution in [1.29, 1.82) is 0 Å². The lowest BCUT2D eigenvalue weighted by molar-refractivity contribution is -0.131. The van der Waals surface area contributed by atoms with E-state index in [2.05, 4.69) is 6.92 Å². The van der Waals surface area contributed by atoms with Crippen molar-refractivity contribution in [3.8, 4) is 0 Å². The summed E-state index contributed by atoms with van der Waals surface area (Å²) in [4.78, 5) is 23.8. The van der Waals surface area contributed by atoms with Crippen LogP contribution in [0.3, 0.4) is 0 Å². The lowest BCUT2D eigenvalue weighted by Gasteiger charge is -2.16. The number of hydrogen-bond acceptors (Lipinski definition) is 2. The summed E-state index contributed by atoms with van der Waals surface area (Å²) >= 11 is 0. The molecule has 0 aromatic heterocycles. The third-order valence-electron chi connectivity index (χ3n) is 2.80. The molecule has 1 aliphatic rings. The van der Waals surface area contributed by atoms with Crippen LogP contribution in [0.1, 0.15) is 33.1 Å². The molecule has 1 fully saturated rings. The number of carbonyl (C=O) groups excluding carboxylic acids is 1. The Morgan fingerprint density at radius 1 is 1.62 bits per heavy atom. The number of amides is 1. The van der Waals surface area contributed by atoms with Crippen LogP contribution in [0.15, 0.2) is 11.6 Å². The van der Waals surface area contributed by atoms with E-state index in [1.54, 1.807) is 11.8 Å². The average molecular weight is 225 g/mol. The van der Waals surface area contributed by atoms with E-state index in [0.717, 1.165) is 25.0 Å². The first kappa shape index (κ1) is 12.7. The van der Waals surface area contributed by atoms with Gasteiger partial charge in [-0.15, -0.1) is 0 Å². The topological polar surface area (TPSA) is 57.6 Å². The highest BCUT2D eigenvalue weighted by atomic mass is 16.4. The average Bonchev–Trinajstić information content (AvgIpc) is 2.46. The molecule has 1 heterocycles. The predicted molar refractivity (Wildman–Crippen MR) is 61.0 cm³/mol. The molecule has 1 N–H and O–H groups in total. The number of carboxylic acids is 1. The molecule has 0 aliphatic carbocycles. The van der Waals surface area contributed by atoms with Gasteiger partial charge in [-0.2, -0.15) is 0 Å². The first-order valence-corrected chi connectivity index (χ1v) is 5.70. The van der Waals surface area contributed by atoms with Gasteiger partial charge in [0.1, 0.15) is 0 Å². The third kappa shape index (κ3) is 3.68. The van der Waals surface area contributed by atoms with Crippen LogP contribution in [-0.2, 0) is 9.59 Å². The Hall–Kier alpha value is -1.32. The molecular formula is C12H19NO3. The molecule has 16 heavy (non-hydrogen) atoms. The van der Waals surface area contributed by atoms with Crippen molar-refractivity contribution in [1.82, 2.24) is 4.90 Å². The van der Waals surface area contributed by atoms with Crippen LogP contribution < -0.4 is 0 Å². The van der Waals surface area contributed by atoms with Crippen LogP contribution in [-0.4, -0.2) is 35.0 Å². The van der Waals surface area contributed by atoms with Gasteiger partial charge in [-0.05, 0) is 24.8 Å². The first-order valence-electron chi connectivity index (χ1n) is 5.70. The SMILES string of the molecule is CCCC1CC(=O)N(CC(C)=CC(=O)O)C1. The lowest BCUT2D eigenvalue weighted by Crippen LogP contribution is -2.27. The fourth-order valence-electron chi connectivity index (χ4n) is 2.17. The molecule has 1 aliphatic heterocycles. The molecule has 0 aromatic rings. The summed E-state index contributed by atoms with van der Waals surface area (Å²) in [6, 6.07) is 0. The normalized spacial score (nSPS) is 21.6. The van der Waals surface area contributed by atoms with Crippen molar-refractivity contribution >= 4 is 11.9 Å². The molecule has 0 saturated carbocycles. The Kier molecular flexibility index (Phi) is 4.52. The predicted octanol–water partition coefficient (Wildman–Crippen LogP) is 1.67. The van der Waals surface area contributed by atoms with Crippen LogP contribution in [0.25, 0.3) is 0 Å². The van der Waals surface area contributed by atoms with Gasteiger partial charge < -0.3 is 10.0 Å². The Morgan fingerprint density at radius 3 is 2.88 bits per heavy atom. The minimum Gasteiger partial charge on any atom is -0.478 e. The standard InChI is InChI=1S/C12H19NO3/c1-3-4-10-6-11(14)13(8-10)7-9(2)5-12(15)16/h5,10H,3-4,6-8H2,1-2H3,(H,15,16). The maximum atomic E-state index is 11.6. The summed E-state index contributed by atoms with van der Waals surface area (Å²) in [7, 11) is 0. The molecule has 90 valence electrons. The number of likely N-dealkylation sites (tertiary alicyclic amines) is 1. The van der Waals surface area contributed by atoms with Crippen molar-refractivity contribution in [2.75, 3.05) is 13.1 Å². The molecule has 4 heteroatoms. The van der Waals surface area contributed by atoms with Crippen molar-refractivity contribution in [3.05, 3.63) is 11.6 Å². The van der Waals surface area contributed by atoms with Crippen molar-refractivity contribution in [2.45, 2.75) is 33.1 Å². The zero-order valence-corrected chi connectivity index (χ0v) is 9.90. The maximum Gasteiger partial charge on any atom is 0.328 e. The van der Waals surface area contributed by atoms with E-state index >= 15 is 0 Å². The van der Waals surface area contributed by atoms with E-state index in [9.17, 15) is 9.59 Å². The highest BCUT2D eigenvalue weighted by Crippen LogP contribution is 2.22. The molecule has 1 saturated heterocycles. The molecule has 1 unspecified atom stereocenters. The minimum absolute atomic E-state index is 0.150. The van der Waals surface area contributed by atoms with Gasteiger partial charge >= 0.3 is 5.97 Å². The molecule has 0 radical (unpaired) electrons. The summed E-state index contributed by atoms with van der Waals surface area (Å²) in [6.07, 6.45) is 3.95. The van der Waals surface area contributed by atoms with Crippen molar-refractivity contribution in [3.63, 3.8) is 0 Å². The Labute approximate surface area is 95.9 Å². The summed E-state index contributed by atoms with van der Waals surface area (Å²) in [5, 5.41) is 8.58. The Bertz CT molecular complexity index is 309. The maximum absolute atomic E-state index is 11.6. The monoisotopic (exact) mass is 225 g/mol. The van der Waals surface area contributed by atoms with Gasteiger partial charge in [0.15, 0.2) is 0 Å². The minimum atomic E-state index is -0.950. The second kappa shape index (κ2) is 5.68. The van der Waals surface area contributed by atoms with Crippen LogP contribution in [0.4, 0.5) is 0 Å². The number of carbonyl (C=O) groups is 2. The zero-order valence-electron chi connectivity index (χ0n) is 9.90. The third-order valence-corrected chi connectivity index (χ3v) is 2.80. The molecule has 0 bridgehead atoms. The molecular weight excluding hydrogens is 206 g/mol. The van der Waals surface area contributed by atoms with Gasteiger partial charge in [-0.1, -0.05) is 13.3 Å². The Morgan fingerprint density at radius 2 is 2.31 bits per heavy atom. The van der Waals surface area contributed by atoms with E-state index in [4.69, 9.17) is 5.11 Å². The van der Waals surface area contributed by atoms with Gasteiger partial charge in [0, 0.05) is 25.6 Å². The van der Waals surface area contributed by atoms with E-state index in [1.165, 1.54) is 6.08 Å². The van der Waals surface area contributed by atoms with Gasteiger partial charge in [0.05, 0.1) is 0 Å². The number of rotatable bonds is 5. The van der Waals surface area contributed by atoms with Gasteiger partial charge in [0.2, 0.25) is 5.91 Å². The van der Waals surface area contributed by atoms with Crippen LogP contribution in [0.5, 0.6) is 0 Å². The van der Waals surface area contributed by atoms with Crippen LogP contribution in [0.2, 0.25) is 0 Å². The summed E-state index contributed by atoms with van der Waals surface area (Å²) < 4.78 is 0. The highest BCUT2D eigenvalue weighted by Gasteiger charge is 2.28. The number of carboxylic acid groups (broad SMARTS) is 1. The molecule has 4 nitrogen and oxygen atoms in total. The first-order chi connectivity index (χ1) is 7.52. The highest BCUT2D eigenvalue weighted by molar-refractivity contribution is 5.81. The van der Waals surface area contributed by atoms with Crippen LogP contribution in [0, 0.1) is 5.92 Å². The van der Waals surface area contributed by atoms with Gasteiger partial charge in [-0.3, -0.25) is 4.79 Å². The number of nitrogens with zero attached hydrogens (tertiary/aromatic N) is 1. The smallest absolute Gasteiger partial charge is 0.328 e. The second-order valence-corrected chi connectivity index (χ2v) is 4.46. The summed E-state index contributed by atoms with van der Waals surface area (Å²) in [6.45, 7) is 5.08. The Balaban J connectivity index is 2.50. The summed E-state index contributed by atoms with van der Waals surface area (Å²) in [5.74, 6) is -0.346. The molecule has 0 spiro atoms. The van der Waals surface area contributed by atoms with Crippen molar-refractivity contribution in [2.24, 2.45) is 5.92 Å². The van der Waals surface area contributed by atoms with Crippen LogP contribution >= 0.6 is 0 Å². The molecule has 0 aromatic carbocycles. The van der Waals surface area contributed by atoms with Crippen molar-refractivity contribution < 1.29 is 14.7 Å². The summed E-state index contributed by atoms with van der Waals surface area (Å²) in [5.41, 5.74) is 0.720. The van der Waals surface area contributed by atoms with Gasteiger partial charge in [0.25, 0.3) is 0 Å². The fourth-order valence-corrected chi connectivity index (χ4v) is 2.17. The van der Waals surface area contributed by atoms with Gasteiger partial charge in [-0.25, -0.2) is 4.79 Å². The van der Waals surface area contributed by atoms with E-state index < -0.39 is 5.97 Å². The van der Waals surface area contributed by atoms with E-state index in [-0.39, 0.29) is 5.91 Å². The number of aliphatic carboxylic acids is 1. The molecule has 1 amide bonds. The lowest BCUT2D eigenvalue weighted by atomic mass is 10.0. The zero-order chi connectivity index (χ0) is 12.1. The second-order valence-electron chi connectivity index (χ2n) is 4.46. The van der Waals surface area contributed by atoms with E-state index in [0.29, 0.717) is 18.9 Å².